The minimum atomic E-state index is -0.118. The number of aldehydes is 1. The minimum absolute atomic E-state index is 0.118. The smallest absolute Gasteiger partial charge is 0.327 e. The highest BCUT2D eigenvalue weighted by molar-refractivity contribution is 5.73. The summed E-state index contributed by atoms with van der Waals surface area (Å²) < 4.78 is 1.80. The molecule has 24 heavy (non-hydrogen) atoms. The number of aromatic amines is 1. The van der Waals surface area contributed by atoms with Gasteiger partial charge < -0.3 is 4.90 Å². The van der Waals surface area contributed by atoms with Crippen molar-refractivity contribution in [1.82, 2.24) is 24.5 Å². The highest BCUT2D eigenvalue weighted by Crippen LogP contribution is 2.26. The first-order chi connectivity index (χ1) is 11.8. The van der Waals surface area contributed by atoms with Crippen LogP contribution in [0.1, 0.15) is 29.4 Å². The predicted octanol–water partition coefficient (Wildman–Crippen LogP) is 1.17. The summed E-state index contributed by atoms with van der Waals surface area (Å²) in [5.41, 5.74) is 1.72. The number of fused-ring (bicyclic) bond motifs is 1. The van der Waals surface area contributed by atoms with Gasteiger partial charge in [0.05, 0.1) is 5.52 Å². The van der Waals surface area contributed by atoms with E-state index in [0.29, 0.717) is 11.3 Å². The van der Waals surface area contributed by atoms with Crippen LogP contribution in [0, 0.1) is 0 Å². The number of anilines is 1. The van der Waals surface area contributed by atoms with E-state index in [1.165, 1.54) is 6.33 Å². The second kappa shape index (κ2) is 5.88. The molecule has 8 nitrogen and oxygen atoms in total. The molecule has 0 unspecified atom stereocenters. The summed E-state index contributed by atoms with van der Waals surface area (Å²) in [5.74, 6) is 0.749. The van der Waals surface area contributed by atoms with Gasteiger partial charge in [0.15, 0.2) is 11.9 Å². The molecule has 0 aliphatic carbocycles. The van der Waals surface area contributed by atoms with Crippen LogP contribution in [-0.2, 0) is 0 Å². The molecule has 1 fully saturated rings. The zero-order valence-electron chi connectivity index (χ0n) is 12.9. The molecular formula is C16H16N6O2. The summed E-state index contributed by atoms with van der Waals surface area (Å²) in [6, 6.07) is 5.56. The lowest BCUT2D eigenvalue weighted by atomic mass is 10.0. The Labute approximate surface area is 137 Å². The number of nitrogens with one attached hydrogen (secondary N) is 1. The molecule has 1 saturated heterocycles. The van der Waals surface area contributed by atoms with Gasteiger partial charge in [0.25, 0.3) is 0 Å². The van der Waals surface area contributed by atoms with Crippen molar-refractivity contribution < 1.29 is 4.79 Å². The maximum atomic E-state index is 12.3. The number of pyridine rings is 1. The van der Waals surface area contributed by atoms with E-state index in [0.717, 1.165) is 43.6 Å². The molecule has 0 aromatic carbocycles. The molecule has 4 rings (SSSR count). The van der Waals surface area contributed by atoms with Crippen molar-refractivity contribution >= 4 is 23.3 Å². The van der Waals surface area contributed by atoms with Crippen LogP contribution >= 0.6 is 0 Å². The number of carbonyl (C=O) groups is 1. The molecule has 0 spiro atoms. The average molecular weight is 324 g/mol. The quantitative estimate of drug-likeness (QED) is 0.726. The largest absolute Gasteiger partial charge is 0.356 e. The van der Waals surface area contributed by atoms with Crippen LogP contribution in [-0.4, -0.2) is 43.9 Å². The number of carbonyl (C=O) groups excluding carboxylic acids is 1. The topological polar surface area (TPSA) is 96.8 Å². The van der Waals surface area contributed by atoms with Crippen LogP contribution in [0.15, 0.2) is 35.5 Å². The van der Waals surface area contributed by atoms with Crippen LogP contribution in [0.4, 0.5) is 5.82 Å². The third kappa shape index (κ3) is 2.45. The lowest BCUT2D eigenvalue weighted by Crippen LogP contribution is -2.37. The van der Waals surface area contributed by atoms with E-state index in [1.807, 2.05) is 12.1 Å². The van der Waals surface area contributed by atoms with E-state index in [4.69, 9.17) is 0 Å². The molecular weight excluding hydrogens is 308 g/mol. The van der Waals surface area contributed by atoms with Gasteiger partial charge in [-0.2, -0.15) is 0 Å². The minimum Gasteiger partial charge on any atom is -0.356 e. The van der Waals surface area contributed by atoms with Crippen molar-refractivity contribution in [3.8, 4) is 0 Å². The highest BCUT2D eigenvalue weighted by atomic mass is 16.1. The Bertz CT molecular complexity index is 939. The Morgan fingerprint density at radius 3 is 2.83 bits per heavy atom. The molecule has 1 aliphatic heterocycles. The molecule has 0 amide bonds. The van der Waals surface area contributed by atoms with Gasteiger partial charge in [0.2, 0.25) is 0 Å². The number of rotatable bonds is 3. The number of piperidine rings is 1. The SMILES string of the molecule is O=Cc1cc(N2CCC(n3c(=O)[nH]c4ncccc43)CC2)ncn1. The van der Waals surface area contributed by atoms with Crippen molar-refractivity contribution in [3.63, 3.8) is 0 Å². The van der Waals surface area contributed by atoms with Crippen LogP contribution in [0.5, 0.6) is 0 Å². The van der Waals surface area contributed by atoms with E-state index in [1.54, 1.807) is 16.8 Å². The molecule has 4 heterocycles. The lowest BCUT2D eigenvalue weighted by molar-refractivity contribution is 0.111. The third-order valence-corrected chi connectivity index (χ3v) is 4.44. The van der Waals surface area contributed by atoms with Gasteiger partial charge in [-0.1, -0.05) is 0 Å². The van der Waals surface area contributed by atoms with Gasteiger partial charge in [0, 0.05) is 31.4 Å². The first-order valence-corrected chi connectivity index (χ1v) is 7.83. The summed E-state index contributed by atoms with van der Waals surface area (Å²) in [4.78, 5) is 40.4. The van der Waals surface area contributed by atoms with Crippen molar-refractivity contribution in [2.75, 3.05) is 18.0 Å². The molecule has 0 saturated carbocycles. The lowest BCUT2D eigenvalue weighted by Gasteiger charge is -2.33. The Kier molecular flexibility index (Phi) is 3.56. The Balaban J connectivity index is 1.56. The first-order valence-electron chi connectivity index (χ1n) is 7.83. The Morgan fingerprint density at radius 2 is 2.04 bits per heavy atom. The van der Waals surface area contributed by atoms with Crippen molar-refractivity contribution in [2.24, 2.45) is 0 Å². The van der Waals surface area contributed by atoms with Crippen LogP contribution in [0.25, 0.3) is 11.2 Å². The van der Waals surface area contributed by atoms with Gasteiger partial charge in [0.1, 0.15) is 17.8 Å². The average Bonchev–Trinajstić information content (AvgIpc) is 2.97. The molecule has 1 N–H and O–H groups in total. The second-order valence-electron chi connectivity index (χ2n) is 5.81. The number of nitrogens with zero attached hydrogens (tertiary/aromatic N) is 5. The van der Waals surface area contributed by atoms with Crippen LogP contribution in [0.2, 0.25) is 0 Å². The number of hydrogen-bond acceptors (Lipinski definition) is 6. The fourth-order valence-electron chi connectivity index (χ4n) is 3.27. The second-order valence-corrected chi connectivity index (χ2v) is 5.81. The van der Waals surface area contributed by atoms with Gasteiger partial charge >= 0.3 is 5.69 Å². The van der Waals surface area contributed by atoms with Gasteiger partial charge in [-0.15, -0.1) is 0 Å². The standard InChI is InChI=1S/C16H16N6O2/c23-9-11-8-14(19-10-18-11)21-6-3-12(4-7-21)22-13-2-1-5-17-15(13)20-16(22)24/h1-2,5,8-10,12H,3-4,6-7H2,(H,17,20,24). The first kappa shape index (κ1) is 14.6. The number of imidazole rings is 1. The van der Waals surface area contributed by atoms with Crippen LogP contribution in [0.3, 0.4) is 0 Å². The molecule has 3 aromatic heterocycles. The van der Waals surface area contributed by atoms with E-state index in [2.05, 4.69) is 24.8 Å². The highest BCUT2D eigenvalue weighted by Gasteiger charge is 2.24. The van der Waals surface area contributed by atoms with Crippen LogP contribution < -0.4 is 10.6 Å². The number of hydrogen-bond donors (Lipinski definition) is 1. The Morgan fingerprint density at radius 1 is 1.21 bits per heavy atom. The summed E-state index contributed by atoms with van der Waals surface area (Å²) in [6.45, 7) is 1.53. The van der Waals surface area contributed by atoms with Crippen molar-refractivity contribution in [1.29, 1.82) is 0 Å². The summed E-state index contributed by atoms with van der Waals surface area (Å²) >= 11 is 0. The van der Waals surface area contributed by atoms with E-state index in [-0.39, 0.29) is 11.7 Å². The molecule has 0 atom stereocenters. The van der Waals surface area contributed by atoms with Crippen molar-refractivity contribution in [2.45, 2.75) is 18.9 Å². The van der Waals surface area contributed by atoms with E-state index in [9.17, 15) is 9.59 Å². The third-order valence-electron chi connectivity index (χ3n) is 4.44. The monoisotopic (exact) mass is 324 g/mol. The van der Waals surface area contributed by atoms with Gasteiger partial charge in [-0.05, 0) is 25.0 Å². The zero-order valence-corrected chi connectivity index (χ0v) is 12.9. The van der Waals surface area contributed by atoms with E-state index >= 15 is 0 Å². The summed E-state index contributed by atoms with van der Waals surface area (Å²) in [6.07, 6.45) is 5.44. The fourth-order valence-corrected chi connectivity index (χ4v) is 3.27. The van der Waals surface area contributed by atoms with Gasteiger partial charge in [-0.25, -0.2) is 19.7 Å². The Hall–Kier alpha value is -3.03. The molecule has 3 aromatic rings. The molecule has 0 radical (unpaired) electrons. The fraction of sp³-hybridized carbons (Fsp3) is 0.312. The molecule has 122 valence electrons. The normalized spacial score (nSPS) is 15.8. The number of H-pyrrole nitrogens is 1. The maximum Gasteiger partial charge on any atom is 0.327 e. The van der Waals surface area contributed by atoms with Crippen molar-refractivity contribution in [3.05, 3.63) is 46.9 Å². The van der Waals surface area contributed by atoms with E-state index < -0.39 is 0 Å². The molecule has 1 aliphatic rings. The maximum absolute atomic E-state index is 12.3. The van der Waals surface area contributed by atoms with Gasteiger partial charge in [-0.3, -0.25) is 14.3 Å². The molecule has 0 bridgehead atoms. The summed E-state index contributed by atoms with van der Waals surface area (Å²) in [5, 5.41) is 0. The number of aromatic nitrogens is 5. The molecule has 8 heteroatoms. The predicted molar refractivity (Wildman–Crippen MR) is 88.3 cm³/mol. The summed E-state index contributed by atoms with van der Waals surface area (Å²) in [7, 11) is 0. The zero-order chi connectivity index (χ0) is 16.5.